The number of hydrogen-bond donors (Lipinski definition) is 1. The zero-order valence-corrected chi connectivity index (χ0v) is 14.7. The zero-order chi connectivity index (χ0) is 19.2. The summed E-state index contributed by atoms with van der Waals surface area (Å²) in [5.74, 6) is -0.241. The van der Waals surface area contributed by atoms with Crippen LogP contribution in [0.15, 0.2) is 30.6 Å². The Morgan fingerprint density at radius 1 is 1.33 bits per heavy atom. The smallest absolute Gasteiger partial charge is 0.419 e. The third-order valence-corrected chi connectivity index (χ3v) is 4.59. The Balaban J connectivity index is 1.87. The summed E-state index contributed by atoms with van der Waals surface area (Å²) >= 11 is 0. The summed E-state index contributed by atoms with van der Waals surface area (Å²) in [5.41, 5.74) is 2.99. The maximum absolute atomic E-state index is 13.2. The molecule has 4 rings (SSSR count). The second-order valence-electron chi connectivity index (χ2n) is 6.38. The Labute approximate surface area is 152 Å². The molecule has 6 nitrogen and oxygen atoms in total. The van der Waals surface area contributed by atoms with Crippen molar-refractivity contribution in [2.45, 2.75) is 32.2 Å². The van der Waals surface area contributed by atoms with E-state index >= 15 is 0 Å². The van der Waals surface area contributed by atoms with E-state index in [1.54, 1.807) is 17.1 Å². The fraction of sp³-hybridized carbons (Fsp3) is 0.333. The molecule has 0 radical (unpaired) electrons. The van der Waals surface area contributed by atoms with Crippen LogP contribution < -0.4 is 4.74 Å². The van der Waals surface area contributed by atoms with Gasteiger partial charge < -0.3 is 9.47 Å². The molecule has 0 aliphatic carbocycles. The van der Waals surface area contributed by atoms with Crippen LogP contribution in [0, 0.1) is 0 Å². The number of ether oxygens (including phenoxy) is 2. The number of alkyl halides is 3. The minimum Gasteiger partial charge on any atom is -0.496 e. The van der Waals surface area contributed by atoms with Gasteiger partial charge in [-0.15, -0.1) is 0 Å². The van der Waals surface area contributed by atoms with Crippen molar-refractivity contribution in [2.24, 2.45) is 0 Å². The van der Waals surface area contributed by atoms with Gasteiger partial charge in [0.05, 0.1) is 43.0 Å². The van der Waals surface area contributed by atoms with Crippen LogP contribution >= 0.6 is 0 Å². The molecule has 3 heterocycles. The predicted octanol–water partition coefficient (Wildman–Crippen LogP) is 3.75. The quantitative estimate of drug-likeness (QED) is 0.754. The molecule has 142 valence electrons. The lowest BCUT2D eigenvalue weighted by atomic mass is 10.0. The third-order valence-electron chi connectivity index (χ3n) is 4.59. The van der Waals surface area contributed by atoms with Gasteiger partial charge in [-0.2, -0.15) is 23.4 Å². The molecular weight excluding hydrogens is 361 g/mol. The monoisotopic (exact) mass is 378 g/mol. The number of fused-ring (bicyclic) bond motifs is 1. The highest BCUT2D eigenvalue weighted by molar-refractivity contribution is 5.64. The molecule has 1 unspecified atom stereocenters. The highest BCUT2D eigenvalue weighted by Gasteiger charge is 2.35. The number of nitrogens with one attached hydrogen (secondary N) is 1. The van der Waals surface area contributed by atoms with E-state index in [0.717, 1.165) is 22.9 Å². The summed E-state index contributed by atoms with van der Waals surface area (Å²) in [4.78, 5) is 0. The molecule has 1 aliphatic heterocycles. The lowest BCUT2D eigenvalue weighted by Crippen LogP contribution is -2.21. The van der Waals surface area contributed by atoms with E-state index in [9.17, 15) is 13.2 Å². The number of methoxy groups -OCH3 is 1. The van der Waals surface area contributed by atoms with Crippen molar-refractivity contribution in [3.05, 3.63) is 47.4 Å². The number of hydrogen-bond acceptors (Lipinski definition) is 4. The van der Waals surface area contributed by atoms with Crippen LogP contribution in [0.2, 0.25) is 0 Å². The molecule has 9 heteroatoms. The first kappa shape index (κ1) is 17.6. The van der Waals surface area contributed by atoms with Crippen molar-refractivity contribution in [2.75, 3.05) is 7.11 Å². The second-order valence-corrected chi connectivity index (χ2v) is 6.38. The largest absolute Gasteiger partial charge is 0.496 e. The number of halogens is 3. The summed E-state index contributed by atoms with van der Waals surface area (Å²) in [5, 5.41) is 11.3. The first-order valence-electron chi connectivity index (χ1n) is 8.35. The van der Waals surface area contributed by atoms with Crippen molar-refractivity contribution < 1.29 is 22.6 Å². The van der Waals surface area contributed by atoms with E-state index in [1.165, 1.54) is 19.2 Å². The van der Waals surface area contributed by atoms with Crippen molar-refractivity contribution in [1.82, 2.24) is 20.0 Å². The van der Waals surface area contributed by atoms with Gasteiger partial charge in [0.15, 0.2) is 0 Å². The van der Waals surface area contributed by atoms with Gasteiger partial charge in [0.2, 0.25) is 0 Å². The van der Waals surface area contributed by atoms with Crippen LogP contribution in [0.5, 0.6) is 5.75 Å². The van der Waals surface area contributed by atoms with Gasteiger partial charge >= 0.3 is 6.18 Å². The number of rotatable bonds is 3. The van der Waals surface area contributed by atoms with Gasteiger partial charge in [0, 0.05) is 29.8 Å². The van der Waals surface area contributed by atoms with E-state index < -0.39 is 11.7 Å². The Hall–Kier alpha value is -2.81. The predicted molar refractivity (Wildman–Crippen MR) is 90.7 cm³/mol. The normalized spacial score (nSPS) is 17.0. The molecule has 1 aliphatic rings. The fourth-order valence-corrected chi connectivity index (χ4v) is 3.28. The molecule has 1 atom stereocenters. The van der Waals surface area contributed by atoms with Crippen molar-refractivity contribution in [3.8, 4) is 22.7 Å². The molecule has 27 heavy (non-hydrogen) atoms. The summed E-state index contributed by atoms with van der Waals surface area (Å²) in [7, 11) is 1.22. The highest BCUT2D eigenvalue weighted by Crippen LogP contribution is 2.38. The number of nitrogens with zero attached hydrogens (tertiary/aromatic N) is 3. The molecule has 0 fully saturated rings. The second kappa shape index (κ2) is 6.41. The summed E-state index contributed by atoms with van der Waals surface area (Å²) in [6.07, 6.45) is -0.528. The molecule has 3 aromatic rings. The van der Waals surface area contributed by atoms with Crippen molar-refractivity contribution >= 4 is 0 Å². The average molecular weight is 378 g/mol. The summed E-state index contributed by atoms with van der Waals surface area (Å²) < 4.78 is 51.9. The fourth-order valence-electron chi connectivity index (χ4n) is 3.28. The molecule has 1 N–H and O–H groups in total. The van der Waals surface area contributed by atoms with Crippen molar-refractivity contribution in [3.63, 3.8) is 0 Å². The van der Waals surface area contributed by atoms with Crippen LogP contribution in [0.4, 0.5) is 13.2 Å². The first-order valence-corrected chi connectivity index (χ1v) is 8.35. The van der Waals surface area contributed by atoms with E-state index in [2.05, 4.69) is 15.3 Å². The van der Waals surface area contributed by atoms with Crippen LogP contribution in [-0.2, 0) is 23.9 Å². The third kappa shape index (κ3) is 3.08. The lowest BCUT2D eigenvalue weighted by Gasteiger charge is -2.21. The van der Waals surface area contributed by atoms with Gasteiger partial charge in [0.1, 0.15) is 11.4 Å². The molecule has 2 aromatic heterocycles. The van der Waals surface area contributed by atoms with Crippen molar-refractivity contribution in [1.29, 1.82) is 0 Å². The molecule has 0 bridgehead atoms. The standard InChI is InChI=1S/C18H17F3N4O2/c1-10-5-15-13(9-27-10)17(11-7-22-23-8-11)24-25(15)12-3-4-14(18(19,20)21)16(6-12)26-2/h3-4,6-8,10H,5,9H2,1-2H3,(H,22,23). The summed E-state index contributed by atoms with van der Waals surface area (Å²) in [6.45, 7) is 2.33. The molecule has 0 saturated carbocycles. The minimum atomic E-state index is -4.49. The van der Waals surface area contributed by atoms with Gasteiger partial charge in [-0.1, -0.05) is 0 Å². The van der Waals surface area contributed by atoms with Gasteiger partial charge in [-0.25, -0.2) is 4.68 Å². The maximum atomic E-state index is 13.2. The maximum Gasteiger partial charge on any atom is 0.419 e. The Morgan fingerprint density at radius 2 is 2.15 bits per heavy atom. The number of aromatic amines is 1. The number of H-pyrrole nitrogens is 1. The number of benzene rings is 1. The Morgan fingerprint density at radius 3 is 2.81 bits per heavy atom. The summed E-state index contributed by atoms with van der Waals surface area (Å²) in [6, 6.07) is 3.77. The van der Waals surface area contributed by atoms with Crippen LogP contribution in [0.1, 0.15) is 23.7 Å². The molecular formula is C18H17F3N4O2. The Kier molecular flexibility index (Phi) is 4.18. The van der Waals surface area contributed by atoms with Crippen LogP contribution in [0.3, 0.4) is 0 Å². The average Bonchev–Trinajstić information content (AvgIpc) is 3.27. The topological polar surface area (TPSA) is 65.0 Å². The molecule has 0 spiro atoms. The Bertz CT molecular complexity index is 964. The van der Waals surface area contributed by atoms with Crippen LogP contribution in [0.25, 0.3) is 16.9 Å². The SMILES string of the molecule is COc1cc(-n2nc(-c3cn[nH]c3)c3c2CC(C)OC3)ccc1C(F)(F)F. The molecule has 0 amide bonds. The van der Waals surface area contributed by atoms with E-state index in [-0.39, 0.29) is 11.9 Å². The number of aromatic nitrogens is 4. The highest BCUT2D eigenvalue weighted by atomic mass is 19.4. The van der Waals surface area contributed by atoms with E-state index in [0.29, 0.717) is 24.4 Å². The molecule has 1 aromatic carbocycles. The molecule has 0 saturated heterocycles. The van der Waals surface area contributed by atoms with Crippen LogP contribution in [-0.4, -0.2) is 33.2 Å². The van der Waals surface area contributed by atoms with E-state index in [1.807, 2.05) is 6.92 Å². The van der Waals surface area contributed by atoms with Gasteiger partial charge in [-0.3, -0.25) is 5.10 Å². The first-order chi connectivity index (χ1) is 12.9. The zero-order valence-electron chi connectivity index (χ0n) is 14.7. The van der Waals surface area contributed by atoms with E-state index in [4.69, 9.17) is 9.47 Å². The van der Waals surface area contributed by atoms with Gasteiger partial charge in [-0.05, 0) is 19.1 Å². The van der Waals surface area contributed by atoms with Gasteiger partial charge in [0.25, 0.3) is 0 Å². The minimum absolute atomic E-state index is 0.0125. The lowest BCUT2D eigenvalue weighted by molar-refractivity contribution is -0.138.